The molecule has 1 fully saturated rings. The Morgan fingerprint density at radius 2 is 1.86 bits per heavy atom. The third kappa shape index (κ3) is 5.42. The standard InChI is InChI=1S/C25H26F3N3O3S/c1-3-30(23(32)22-10-5-4-7-17(22)2)15-21-14-29-24(31(21)20-11-12-20)35(33,34)16-18-8-6-9-19(13-18)25(26,27)28/h4-10,13-14,20H,3,11-12,15-16H2,1-2H3. The Kier molecular flexibility index (Phi) is 6.77. The van der Waals surface area contributed by atoms with Gasteiger partial charge in [0.05, 0.1) is 29.8 Å². The van der Waals surface area contributed by atoms with Gasteiger partial charge in [0.25, 0.3) is 5.91 Å². The first-order valence-corrected chi connectivity index (χ1v) is 13.0. The molecule has 2 aromatic carbocycles. The van der Waals surface area contributed by atoms with Crippen LogP contribution in [0.15, 0.2) is 59.9 Å². The van der Waals surface area contributed by atoms with Crippen LogP contribution in [0.2, 0.25) is 0 Å². The Balaban J connectivity index is 1.63. The number of amides is 1. The van der Waals surface area contributed by atoms with E-state index in [1.54, 1.807) is 21.6 Å². The summed E-state index contributed by atoms with van der Waals surface area (Å²) in [4.78, 5) is 18.9. The van der Waals surface area contributed by atoms with Crippen LogP contribution in [0.1, 0.15) is 58.5 Å². The second-order valence-electron chi connectivity index (χ2n) is 8.72. The average Bonchev–Trinajstić information content (AvgIpc) is 3.55. The van der Waals surface area contributed by atoms with Gasteiger partial charge in [0, 0.05) is 18.2 Å². The molecule has 0 N–H and O–H groups in total. The number of carbonyl (C=O) groups excluding carboxylic acids is 1. The maximum Gasteiger partial charge on any atom is 0.416 e. The summed E-state index contributed by atoms with van der Waals surface area (Å²) in [5.41, 5.74) is 1.14. The van der Waals surface area contributed by atoms with E-state index in [0.29, 0.717) is 17.8 Å². The molecule has 1 aliphatic rings. The van der Waals surface area contributed by atoms with Crippen molar-refractivity contribution in [2.75, 3.05) is 6.54 Å². The Labute approximate surface area is 202 Å². The first kappa shape index (κ1) is 25.0. The molecular weight excluding hydrogens is 479 g/mol. The van der Waals surface area contributed by atoms with Crippen molar-refractivity contribution >= 4 is 15.7 Å². The van der Waals surface area contributed by atoms with E-state index in [1.165, 1.54) is 18.3 Å². The van der Waals surface area contributed by atoms with Gasteiger partial charge in [-0.3, -0.25) is 4.79 Å². The smallest absolute Gasteiger partial charge is 0.333 e. The molecule has 186 valence electrons. The van der Waals surface area contributed by atoms with Gasteiger partial charge in [-0.15, -0.1) is 0 Å². The number of hydrogen-bond acceptors (Lipinski definition) is 4. The van der Waals surface area contributed by atoms with E-state index in [1.807, 2.05) is 26.0 Å². The normalized spacial score (nSPS) is 14.2. The van der Waals surface area contributed by atoms with Crippen molar-refractivity contribution in [2.24, 2.45) is 0 Å². The lowest BCUT2D eigenvalue weighted by molar-refractivity contribution is -0.137. The second-order valence-corrected chi connectivity index (χ2v) is 10.6. The molecule has 0 radical (unpaired) electrons. The first-order chi connectivity index (χ1) is 16.5. The minimum atomic E-state index is -4.56. The van der Waals surface area contributed by atoms with Crippen LogP contribution in [-0.4, -0.2) is 35.3 Å². The second kappa shape index (κ2) is 9.49. The SMILES string of the molecule is CCN(Cc1cnc(S(=O)(=O)Cc2cccc(C(F)(F)F)c2)n1C1CC1)C(=O)c1ccccc1C. The van der Waals surface area contributed by atoms with Crippen molar-refractivity contribution in [3.63, 3.8) is 0 Å². The molecule has 35 heavy (non-hydrogen) atoms. The predicted molar refractivity (Wildman–Crippen MR) is 124 cm³/mol. The Morgan fingerprint density at radius 1 is 1.14 bits per heavy atom. The zero-order chi connectivity index (χ0) is 25.4. The molecule has 1 saturated carbocycles. The summed E-state index contributed by atoms with van der Waals surface area (Å²) in [6.45, 7) is 4.29. The van der Waals surface area contributed by atoms with Crippen molar-refractivity contribution < 1.29 is 26.4 Å². The lowest BCUT2D eigenvalue weighted by atomic mass is 10.1. The molecule has 1 amide bonds. The number of aryl methyl sites for hydroxylation is 1. The predicted octanol–water partition coefficient (Wildman–Crippen LogP) is 5.18. The third-order valence-electron chi connectivity index (χ3n) is 6.04. The van der Waals surface area contributed by atoms with Crippen LogP contribution in [0.5, 0.6) is 0 Å². The Morgan fingerprint density at radius 3 is 2.49 bits per heavy atom. The monoisotopic (exact) mass is 505 g/mol. The van der Waals surface area contributed by atoms with Gasteiger partial charge in [-0.05, 0) is 49.9 Å². The van der Waals surface area contributed by atoms with E-state index in [9.17, 15) is 26.4 Å². The molecule has 3 aromatic rings. The van der Waals surface area contributed by atoms with Gasteiger partial charge in [0.15, 0.2) is 0 Å². The van der Waals surface area contributed by atoms with Gasteiger partial charge in [-0.25, -0.2) is 13.4 Å². The molecule has 1 heterocycles. The zero-order valence-electron chi connectivity index (χ0n) is 19.4. The maximum absolute atomic E-state index is 13.2. The average molecular weight is 506 g/mol. The summed E-state index contributed by atoms with van der Waals surface area (Å²) >= 11 is 0. The van der Waals surface area contributed by atoms with Crippen molar-refractivity contribution in [1.82, 2.24) is 14.5 Å². The summed E-state index contributed by atoms with van der Waals surface area (Å²) in [6, 6.07) is 11.5. The minimum Gasteiger partial charge on any atom is -0.333 e. The van der Waals surface area contributed by atoms with E-state index in [0.717, 1.165) is 30.5 Å². The fraction of sp³-hybridized carbons (Fsp3) is 0.360. The molecule has 0 spiro atoms. The highest BCUT2D eigenvalue weighted by Crippen LogP contribution is 2.39. The van der Waals surface area contributed by atoms with Crippen LogP contribution in [0.25, 0.3) is 0 Å². The van der Waals surface area contributed by atoms with Gasteiger partial charge in [-0.1, -0.05) is 36.4 Å². The number of carbonyl (C=O) groups is 1. The highest BCUT2D eigenvalue weighted by Gasteiger charge is 2.35. The third-order valence-corrected chi connectivity index (χ3v) is 7.61. The number of benzene rings is 2. The van der Waals surface area contributed by atoms with Gasteiger partial charge < -0.3 is 9.47 Å². The molecule has 0 unspecified atom stereocenters. The van der Waals surface area contributed by atoms with Gasteiger partial charge in [-0.2, -0.15) is 13.2 Å². The summed E-state index contributed by atoms with van der Waals surface area (Å²) < 4.78 is 67.3. The highest BCUT2D eigenvalue weighted by atomic mass is 32.2. The number of alkyl halides is 3. The van der Waals surface area contributed by atoms with Gasteiger partial charge >= 0.3 is 6.18 Å². The maximum atomic E-state index is 13.2. The fourth-order valence-corrected chi connectivity index (χ4v) is 5.60. The lowest BCUT2D eigenvalue weighted by Crippen LogP contribution is -2.31. The van der Waals surface area contributed by atoms with Crippen LogP contribution in [-0.2, 0) is 28.3 Å². The van der Waals surface area contributed by atoms with Crippen LogP contribution in [0, 0.1) is 6.92 Å². The summed E-state index contributed by atoms with van der Waals surface area (Å²) in [5.74, 6) is -0.762. The zero-order valence-corrected chi connectivity index (χ0v) is 20.2. The van der Waals surface area contributed by atoms with E-state index < -0.39 is 27.3 Å². The Bertz CT molecular complexity index is 1350. The van der Waals surface area contributed by atoms with Crippen molar-refractivity contribution in [1.29, 1.82) is 0 Å². The quantitative estimate of drug-likeness (QED) is 0.423. The topological polar surface area (TPSA) is 72.3 Å². The molecule has 0 bridgehead atoms. The molecule has 10 heteroatoms. The highest BCUT2D eigenvalue weighted by molar-refractivity contribution is 7.90. The number of rotatable bonds is 8. The first-order valence-electron chi connectivity index (χ1n) is 11.3. The number of imidazole rings is 1. The largest absolute Gasteiger partial charge is 0.416 e. The number of nitrogens with zero attached hydrogens (tertiary/aromatic N) is 3. The van der Waals surface area contributed by atoms with E-state index in [-0.39, 0.29) is 29.2 Å². The summed E-state index contributed by atoms with van der Waals surface area (Å²) in [6.07, 6.45) is -1.57. The number of aromatic nitrogens is 2. The fourth-order valence-electron chi connectivity index (χ4n) is 4.07. The molecular formula is C25H26F3N3O3S. The summed E-state index contributed by atoms with van der Waals surface area (Å²) in [5, 5.41) is -0.174. The molecule has 1 aliphatic carbocycles. The molecule has 1 aromatic heterocycles. The molecule has 4 rings (SSSR count). The van der Waals surface area contributed by atoms with Crippen LogP contribution in [0.4, 0.5) is 13.2 Å². The molecule has 6 nitrogen and oxygen atoms in total. The lowest BCUT2D eigenvalue weighted by Gasteiger charge is -2.23. The Hall–Kier alpha value is -3.14. The molecule has 0 aliphatic heterocycles. The van der Waals surface area contributed by atoms with E-state index >= 15 is 0 Å². The van der Waals surface area contributed by atoms with Gasteiger partial charge in [0.2, 0.25) is 15.0 Å². The van der Waals surface area contributed by atoms with Crippen LogP contribution >= 0.6 is 0 Å². The number of sulfone groups is 1. The number of hydrogen-bond donors (Lipinski definition) is 0. The van der Waals surface area contributed by atoms with E-state index in [2.05, 4.69) is 4.98 Å². The van der Waals surface area contributed by atoms with E-state index in [4.69, 9.17) is 0 Å². The van der Waals surface area contributed by atoms with Gasteiger partial charge in [0.1, 0.15) is 0 Å². The molecule has 0 atom stereocenters. The van der Waals surface area contributed by atoms with Crippen molar-refractivity contribution in [3.8, 4) is 0 Å². The van der Waals surface area contributed by atoms with Crippen LogP contribution < -0.4 is 0 Å². The van der Waals surface area contributed by atoms with Crippen molar-refractivity contribution in [2.45, 2.75) is 56.4 Å². The van der Waals surface area contributed by atoms with Crippen molar-refractivity contribution in [3.05, 3.63) is 82.7 Å². The minimum absolute atomic E-state index is 0.0386. The molecule has 0 saturated heterocycles. The number of halogens is 3. The van der Waals surface area contributed by atoms with Crippen LogP contribution in [0.3, 0.4) is 0 Å². The summed E-state index contributed by atoms with van der Waals surface area (Å²) in [7, 11) is -4.03.